The first kappa shape index (κ1) is 15.2. The van der Waals surface area contributed by atoms with E-state index in [1.807, 2.05) is 36.4 Å². The normalized spacial score (nSPS) is 10.4. The first-order valence-electron chi connectivity index (χ1n) is 7.62. The van der Waals surface area contributed by atoms with Gasteiger partial charge in [0.05, 0.1) is 14.2 Å². The number of ether oxygens (including phenoxy) is 2. The second kappa shape index (κ2) is 6.57. The van der Waals surface area contributed by atoms with Crippen molar-refractivity contribution in [2.75, 3.05) is 14.2 Å². The maximum atomic E-state index is 5.52. The minimum atomic E-state index is 0.882. The van der Waals surface area contributed by atoms with Gasteiger partial charge in [-0.1, -0.05) is 54.6 Å². The van der Waals surface area contributed by atoms with Gasteiger partial charge in [-0.2, -0.15) is 0 Å². The van der Waals surface area contributed by atoms with Crippen molar-refractivity contribution in [2.45, 2.75) is 6.92 Å². The van der Waals surface area contributed by atoms with Crippen LogP contribution in [0.2, 0.25) is 0 Å². The molecule has 0 aliphatic carbocycles. The molecule has 0 aliphatic rings. The standard InChI is InChI=1S/C21H20O2/c1-15-16(18-9-4-6-13-20(18)22-2)11-8-12-17(15)19-10-5-7-14-21(19)23-3/h4-14H,1-3H3. The third-order valence-electron chi connectivity index (χ3n) is 4.13. The van der Waals surface area contributed by atoms with Crippen molar-refractivity contribution in [2.24, 2.45) is 0 Å². The number of hydrogen-bond acceptors (Lipinski definition) is 2. The molecule has 0 unspecified atom stereocenters. The Kier molecular flexibility index (Phi) is 4.33. The van der Waals surface area contributed by atoms with Gasteiger partial charge in [0.15, 0.2) is 0 Å². The third-order valence-corrected chi connectivity index (χ3v) is 4.13. The lowest BCUT2D eigenvalue weighted by Gasteiger charge is -2.16. The van der Waals surface area contributed by atoms with Crippen molar-refractivity contribution in [3.8, 4) is 33.8 Å². The molecule has 0 radical (unpaired) electrons. The van der Waals surface area contributed by atoms with Gasteiger partial charge in [-0.25, -0.2) is 0 Å². The molecule has 0 aromatic heterocycles. The number of benzene rings is 3. The van der Waals surface area contributed by atoms with Gasteiger partial charge in [0, 0.05) is 11.1 Å². The summed E-state index contributed by atoms with van der Waals surface area (Å²) in [5.74, 6) is 1.76. The van der Waals surface area contributed by atoms with Gasteiger partial charge in [-0.05, 0) is 35.7 Å². The van der Waals surface area contributed by atoms with E-state index in [1.54, 1.807) is 14.2 Å². The molecule has 0 saturated heterocycles. The highest BCUT2D eigenvalue weighted by Gasteiger charge is 2.13. The lowest BCUT2D eigenvalue weighted by molar-refractivity contribution is 0.416. The molecule has 2 heteroatoms. The summed E-state index contributed by atoms with van der Waals surface area (Å²) in [5, 5.41) is 0. The largest absolute Gasteiger partial charge is 0.496 e. The van der Waals surface area contributed by atoms with Crippen LogP contribution in [0.5, 0.6) is 11.5 Å². The van der Waals surface area contributed by atoms with Gasteiger partial charge in [0.25, 0.3) is 0 Å². The molecular formula is C21H20O2. The Morgan fingerprint density at radius 3 is 1.35 bits per heavy atom. The fourth-order valence-corrected chi connectivity index (χ4v) is 2.95. The van der Waals surface area contributed by atoms with E-state index < -0.39 is 0 Å². The Balaban J connectivity index is 2.20. The van der Waals surface area contributed by atoms with E-state index in [4.69, 9.17) is 9.47 Å². The quantitative estimate of drug-likeness (QED) is 0.647. The summed E-state index contributed by atoms with van der Waals surface area (Å²) in [6, 6.07) is 22.5. The van der Waals surface area contributed by atoms with Crippen LogP contribution in [0.4, 0.5) is 0 Å². The molecule has 0 aliphatic heterocycles. The van der Waals surface area contributed by atoms with Crippen molar-refractivity contribution in [1.29, 1.82) is 0 Å². The number of hydrogen-bond donors (Lipinski definition) is 0. The molecule has 3 rings (SSSR count). The Morgan fingerprint density at radius 2 is 0.913 bits per heavy atom. The van der Waals surface area contributed by atoms with Gasteiger partial charge in [0.1, 0.15) is 11.5 Å². The second-order valence-electron chi connectivity index (χ2n) is 5.38. The van der Waals surface area contributed by atoms with E-state index in [0.29, 0.717) is 0 Å². The SMILES string of the molecule is COc1ccccc1-c1cccc(-c2ccccc2OC)c1C. The lowest BCUT2D eigenvalue weighted by Crippen LogP contribution is -1.93. The Labute approximate surface area is 137 Å². The smallest absolute Gasteiger partial charge is 0.126 e. The van der Waals surface area contributed by atoms with E-state index in [2.05, 4.69) is 37.3 Å². The molecule has 0 amide bonds. The highest BCUT2D eigenvalue weighted by Crippen LogP contribution is 2.38. The molecule has 0 saturated carbocycles. The van der Waals surface area contributed by atoms with Crippen molar-refractivity contribution in [3.05, 3.63) is 72.3 Å². The molecular weight excluding hydrogens is 284 g/mol. The molecule has 23 heavy (non-hydrogen) atoms. The molecule has 2 nitrogen and oxygen atoms in total. The minimum absolute atomic E-state index is 0.882. The monoisotopic (exact) mass is 304 g/mol. The number of para-hydroxylation sites is 2. The first-order chi connectivity index (χ1) is 11.3. The fraction of sp³-hybridized carbons (Fsp3) is 0.143. The van der Waals surface area contributed by atoms with Gasteiger partial charge in [-0.3, -0.25) is 0 Å². The summed E-state index contributed by atoms with van der Waals surface area (Å²) >= 11 is 0. The molecule has 3 aromatic rings. The average molecular weight is 304 g/mol. The molecule has 0 atom stereocenters. The van der Waals surface area contributed by atoms with Crippen molar-refractivity contribution in [3.63, 3.8) is 0 Å². The lowest BCUT2D eigenvalue weighted by atomic mass is 9.92. The Morgan fingerprint density at radius 1 is 0.522 bits per heavy atom. The number of methoxy groups -OCH3 is 2. The summed E-state index contributed by atoms with van der Waals surface area (Å²) in [6.45, 7) is 2.14. The minimum Gasteiger partial charge on any atom is -0.496 e. The van der Waals surface area contributed by atoms with Crippen LogP contribution in [0.15, 0.2) is 66.7 Å². The third kappa shape index (κ3) is 2.80. The van der Waals surface area contributed by atoms with Gasteiger partial charge >= 0.3 is 0 Å². The summed E-state index contributed by atoms with van der Waals surface area (Å²) < 4.78 is 11.0. The summed E-state index contributed by atoms with van der Waals surface area (Å²) in [4.78, 5) is 0. The molecule has 0 spiro atoms. The van der Waals surface area contributed by atoms with Crippen LogP contribution in [0.3, 0.4) is 0 Å². The summed E-state index contributed by atoms with van der Waals surface area (Å²) in [6.07, 6.45) is 0. The predicted octanol–water partition coefficient (Wildman–Crippen LogP) is 5.35. The maximum Gasteiger partial charge on any atom is 0.126 e. The molecule has 3 aromatic carbocycles. The fourth-order valence-electron chi connectivity index (χ4n) is 2.95. The predicted molar refractivity (Wildman–Crippen MR) is 95.2 cm³/mol. The van der Waals surface area contributed by atoms with Crippen LogP contribution >= 0.6 is 0 Å². The van der Waals surface area contributed by atoms with Crippen molar-refractivity contribution >= 4 is 0 Å². The zero-order valence-corrected chi connectivity index (χ0v) is 13.7. The average Bonchev–Trinajstić information content (AvgIpc) is 2.62. The zero-order chi connectivity index (χ0) is 16.2. The van der Waals surface area contributed by atoms with Gasteiger partial charge < -0.3 is 9.47 Å². The van der Waals surface area contributed by atoms with Crippen molar-refractivity contribution in [1.82, 2.24) is 0 Å². The van der Waals surface area contributed by atoms with Gasteiger partial charge in [-0.15, -0.1) is 0 Å². The second-order valence-corrected chi connectivity index (χ2v) is 5.38. The maximum absolute atomic E-state index is 5.52. The van der Waals surface area contributed by atoms with E-state index in [0.717, 1.165) is 22.6 Å². The molecule has 0 heterocycles. The highest BCUT2D eigenvalue weighted by molar-refractivity contribution is 5.82. The van der Waals surface area contributed by atoms with E-state index >= 15 is 0 Å². The molecule has 0 bridgehead atoms. The molecule has 0 fully saturated rings. The van der Waals surface area contributed by atoms with Crippen LogP contribution in [0, 0.1) is 6.92 Å². The summed E-state index contributed by atoms with van der Waals surface area (Å²) in [7, 11) is 3.41. The topological polar surface area (TPSA) is 18.5 Å². The molecule has 0 N–H and O–H groups in total. The highest BCUT2D eigenvalue weighted by atomic mass is 16.5. The van der Waals surface area contributed by atoms with E-state index in [9.17, 15) is 0 Å². The molecule has 116 valence electrons. The van der Waals surface area contributed by atoms with Gasteiger partial charge in [0.2, 0.25) is 0 Å². The van der Waals surface area contributed by atoms with E-state index in [1.165, 1.54) is 16.7 Å². The Hall–Kier alpha value is -2.74. The zero-order valence-electron chi connectivity index (χ0n) is 13.7. The number of rotatable bonds is 4. The summed E-state index contributed by atoms with van der Waals surface area (Å²) in [5.41, 5.74) is 5.76. The van der Waals surface area contributed by atoms with E-state index in [-0.39, 0.29) is 0 Å². The van der Waals surface area contributed by atoms with Crippen LogP contribution in [-0.2, 0) is 0 Å². The van der Waals surface area contributed by atoms with Crippen LogP contribution < -0.4 is 9.47 Å². The van der Waals surface area contributed by atoms with Crippen LogP contribution in [-0.4, -0.2) is 14.2 Å². The van der Waals surface area contributed by atoms with Crippen LogP contribution in [0.25, 0.3) is 22.3 Å². The first-order valence-corrected chi connectivity index (χ1v) is 7.62. The Bertz CT molecular complexity index is 756. The van der Waals surface area contributed by atoms with Crippen LogP contribution in [0.1, 0.15) is 5.56 Å². The van der Waals surface area contributed by atoms with Crippen molar-refractivity contribution < 1.29 is 9.47 Å².